The fourth-order valence-electron chi connectivity index (χ4n) is 4.08. The van der Waals surface area contributed by atoms with Gasteiger partial charge in [0.1, 0.15) is 0 Å². The summed E-state index contributed by atoms with van der Waals surface area (Å²) in [5.74, 6) is 0.799. The van der Waals surface area contributed by atoms with Gasteiger partial charge in [-0.05, 0) is 56.4 Å². The van der Waals surface area contributed by atoms with Gasteiger partial charge in [-0.3, -0.25) is 9.48 Å². The number of aliphatic hydroxyl groups is 1. The maximum absolute atomic E-state index is 12.8. The van der Waals surface area contributed by atoms with Gasteiger partial charge < -0.3 is 14.7 Å². The SMILES string of the molecule is Cn1cc(C[C@H]2[C@@H](OCC3CC3)CCN2C(=O)CC2(O)CCC2)cn1. The summed E-state index contributed by atoms with van der Waals surface area (Å²) in [4.78, 5) is 14.8. The van der Waals surface area contributed by atoms with E-state index in [0.717, 1.165) is 56.7 Å². The Morgan fingerprint density at radius 3 is 2.80 bits per heavy atom. The highest BCUT2D eigenvalue weighted by Gasteiger charge is 2.43. The topological polar surface area (TPSA) is 67.6 Å². The van der Waals surface area contributed by atoms with Crippen molar-refractivity contribution in [3.8, 4) is 0 Å². The van der Waals surface area contributed by atoms with Crippen molar-refractivity contribution in [1.82, 2.24) is 14.7 Å². The number of carbonyl (C=O) groups is 1. The molecule has 2 saturated carbocycles. The molecule has 1 amide bonds. The van der Waals surface area contributed by atoms with Gasteiger partial charge in [-0.15, -0.1) is 0 Å². The first kappa shape index (κ1) is 17.0. The number of nitrogens with zero attached hydrogens (tertiary/aromatic N) is 3. The normalized spacial score (nSPS) is 28.2. The molecule has 2 atom stereocenters. The largest absolute Gasteiger partial charge is 0.389 e. The highest BCUT2D eigenvalue weighted by Crippen LogP contribution is 2.37. The van der Waals surface area contributed by atoms with Gasteiger partial charge in [0.2, 0.25) is 5.91 Å². The van der Waals surface area contributed by atoms with Crippen LogP contribution in [0.3, 0.4) is 0 Å². The van der Waals surface area contributed by atoms with Gasteiger partial charge in [0.15, 0.2) is 0 Å². The lowest BCUT2D eigenvalue weighted by Gasteiger charge is -2.38. The molecule has 138 valence electrons. The molecule has 3 fully saturated rings. The highest BCUT2D eigenvalue weighted by molar-refractivity contribution is 5.78. The molecule has 0 unspecified atom stereocenters. The molecule has 2 heterocycles. The molecule has 2 aliphatic carbocycles. The fourth-order valence-corrected chi connectivity index (χ4v) is 4.08. The van der Waals surface area contributed by atoms with Crippen LogP contribution in [-0.2, 0) is 23.0 Å². The number of hydrogen-bond acceptors (Lipinski definition) is 4. The number of aryl methyl sites for hydroxylation is 1. The molecular weight excluding hydrogens is 318 g/mol. The van der Waals surface area contributed by atoms with Crippen molar-refractivity contribution in [1.29, 1.82) is 0 Å². The smallest absolute Gasteiger partial charge is 0.225 e. The molecule has 4 rings (SSSR count). The number of likely N-dealkylation sites (tertiary alicyclic amines) is 1. The van der Waals surface area contributed by atoms with E-state index in [1.807, 2.05) is 24.3 Å². The average molecular weight is 347 g/mol. The Hall–Kier alpha value is -1.40. The van der Waals surface area contributed by atoms with Crippen LogP contribution in [0.4, 0.5) is 0 Å². The Balaban J connectivity index is 1.44. The van der Waals surface area contributed by atoms with E-state index in [1.54, 1.807) is 4.68 Å². The molecular formula is C19H29N3O3. The molecule has 0 radical (unpaired) electrons. The van der Waals surface area contributed by atoms with Crippen molar-refractivity contribution in [3.05, 3.63) is 18.0 Å². The zero-order valence-corrected chi connectivity index (χ0v) is 15.1. The molecule has 3 aliphatic rings. The molecule has 1 aromatic heterocycles. The molecule has 25 heavy (non-hydrogen) atoms. The minimum absolute atomic E-state index is 0.0547. The highest BCUT2D eigenvalue weighted by atomic mass is 16.5. The van der Waals surface area contributed by atoms with Gasteiger partial charge in [0.25, 0.3) is 0 Å². The summed E-state index contributed by atoms with van der Waals surface area (Å²) in [6.45, 7) is 1.55. The Morgan fingerprint density at radius 2 is 2.20 bits per heavy atom. The summed E-state index contributed by atoms with van der Waals surface area (Å²) in [6.07, 6.45) is 11.0. The van der Waals surface area contributed by atoms with Crippen LogP contribution in [0.5, 0.6) is 0 Å². The number of hydrogen-bond donors (Lipinski definition) is 1. The van der Waals surface area contributed by atoms with Crippen LogP contribution in [0.2, 0.25) is 0 Å². The van der Waals surface area contributed by atoms with E-state index in [-0.39, 0.29) is 24.5 Å². The van der Waals surface area contributed by atoms with E-state index in [4.69, 9.17) is 4.74 Å². The van der Waals surface area contributed by atoms with Crippen LogP contribution in [0.15, 0.2) is 12.4 Å². The number of ether oxygens (including phenoxy) is 1. The Labute approximate surface area is 149 Å². The minimum atomic E-state index is -0.761. The van der Waals surface area contributed by atoms with Gasteiger partial charge in [-0.2, -0.15) is 5.10 Å². The zero-order chi connectivity index (χ0) is 17.4. The second kappa shape index (κ2) is 6.72. The van der Waals surface area contributed by atoms with Gasteiger partial charge in [0.05, 0.1) is 30.4 Å². The monoisotopic (exact) mass is 347 g/mol. The molecule has 0 spiro atoms. The fraction of sp³-hybridized carbons (Fsp3) is 0.789. The quantitative estimate of drug-likeness (QED) is 0.815. The van der Waals surface area contributed by atoms with E-state index in [9.17, 15) is 9.90 Å². The van der Waals surface area contributed by atoms with E-state index in [2.05, 4.69) is 5.10 Å². The third kappa shape index (κ3) is 3.90. The van der Waals surface area contributed by atoms with E-state index >= 15 is 0 Å². The number of carbonyl (C=O) groups excluding carboxylic acids is 1. The molecule has 1 N–H and O–H groups in total. The summed E-state index contributed by atoms with van der Waals surface area (Å²) < 4.78 is 7.98. The Kier molecular flexibility index (Phi) is 4.58. The van der Waals surface area contributed by atoms with Crippen molar-refractivity contribution in [2.24, 2.45) is 13.0 Å². The lowest BCUT2D eigenvalue weighted by molar-refractivity contribution is -0.142. The second-order valence-corrected chi connectivity index (χ2v) is 8.24. The summed E-state index contributed by atoms with van der Waals surface area (Å²) in [5.41, 5.74) is 0.373. The lowest BCUT2D eigenvalue weighted by Crippen LogP contribution is -2.47. The summed E-state index contributed by atoms with van der Waals surface area (Å²) >= 11 is 0. The number of rotatable bonds is 7. The molecule has 1 aliphatic heterocycles. The first-order chi connectivity index (χ1) is 12.0. The van der Waals surface area contributed by atoms with E-state index in [1.165, 1.54) is 12.8 Å². The predicted molar refractivity (Wildman–Crippen MR) is 92.9 cm³/mol. The van der Waals surface area contributed by atoms with Gasteiger partial charge in [-0.1, -0.05) is 0 Å². The first-order valence-electron chi connectivity index (χ1n) is 9.63. The van der Waals surface area contributed by atoms with E-state index < -0.39 is 5.60 Å². The summed E-state index contributed by atoms with van der Waals surface area (Å²) in [5, 5.41) is 14.6. The number of aromatic nitrogens is 2. The van der Waals surface area contributed by atoms with Crippen LogP contribution >= 0.6 is 0 Å². The third-order valence-corrected chi connectivity index (χ3v) is 6.02. The predicted octanol–water partition coefficient (Wildman–Crippen LogP) is 1.66. The van der Waals surface area contributed by atoms with E-state index in [0.29, 0.717) is 0 Å². The maximum Gasteiger partial charge on any atom is 0.225 e. The van der Waals surface area contributed by atoms with Crippen LogP contribution in [0, 0.1) is 5.92 Å². The van der Waals surface area contributed by atoms with Crippen molar-refractivity contribution >= 4 is 5.91 Å². The van der Waals surface area contributed by atoms with Gasteiger partial charge in [0, 0.05) is 26.4 Å². The van der Waals surface area contributed by atoms with Gasteiger partial charge >= 0.3 is 0 Å². The Morgan fingerprint density at radius 1 is 1.40 bits per heavy atom. The summed E-state index contributed by atoms with van der Waals surface area (Å²) in [6, 6.07) is 0.0547. The minimum Gasteiger partial charge on any atom is -0.389 e. The van der Waals surface area contributed by atoms with Crippen LogP contribution in [0.1, 0.15) is 50.5 Å². The zero-order valence-electron chi connectivity index (χ0n) is 15.1. The van der Waals surface area contributed by atoms with Crippen LogP contribution in [-0.4, -0.2) is 56.6 Å². The van der Waals surface area contributed by atoms with Gasteiger partial charge in [-0.25, -0.2) is 0 Å². The van der Waals surface area contributed by atoms with Crippen molar-refractivity contribution in [2.75, 3.05) is 13.2 Å². The lowest BCUT2D eigenvalue weighted by atomic mass is 9.77. The third-order valence-electron chi connectivity index (χ3n) is 6.02. The van der Waals surface area contributed by atoms with Crippen molar-refractivity contribution in [3.63, 3.8) is 0 Å². The first-order valence-corrected chi connectivity index (χ1v) is 9.63. The standard InChI is InChI=1S/C19H29N3O3/c1-21-12-15(11-20-21)9-16-17(25-13-14-3-4-14)5-8-22(16)18(23)10-19(24)6-2-7-19/h11-12,14,16-17,24H,2-10,13H2,1H3/t16-,17-/m0/s1. The van der Waals surface area contributed by atoms with Crippen LogP contribution < -0.4 is 0 Å². The maximum atomic E-state index is 12.8. The molecule has 0 bridgehead atoms. The molecule has 1 aromatic rings. The molecule has 6 nitrogen and oxygen atoms in total. The average Bonchev–Trinajstić information content (AvgIpc) is 3.16. The molecule has 6 heteroatoms. The number of amides is 1. The Bertz CT molecular complexity index is 621. The van der Waals surface area contributed by atoms with Crippen LogP contribution in [0.25, 0.3) is 0 Å². The molecule has 1 saturated heterocycles. The van der Waals surface area contributed by atoms with Crippen molar-refractivity contribution in [2.45, 2.75) is 69.1 Å². The second-order valence-electron chi connectivity index (χ2n) is 8.24. The molecule has 0 aromatic carbocycles. The summed E-state index contributed by atoms with van der Waals surface area (Å²) in [7, 11) is 1.91. The van der Waals surface area contributed by atoms with Crippen molar-refractivity contribution < 1.29 is 14.6 Å².